The van der Waals surface area contributed by atoms with E-state index < -0.39 is 5.56 Å². The van der Waals surface area contributed by atoms with Gasteiger partial charge in [0, 0.05) is 16.1 Å². The Morgan fingerprint density at radius 2 is 1.87 bits per heavy atom. The number of halogens is 1. The highest BCUT2D eigenvalue weighted by atomic mass is 79.9. The van der Waals surface area contributed by atoms with Gasteiger partial charge in [0.2, 0.25) is 5.88 Å². The van der Waals surface area contributed by atoms with Gasteiger partial charge in [-0.3, -0.25) is 9.36 Å². The number of aromatic nitrogens is 1. The quantitative estimate of drug-likeness (QED) is 0.801. The van der Waals surface area contributed by atoms with Crippen LogP contribution >= 0.6 is 15.9 Å². The Labute approximate surface area is 141 Å². The predicted molar refractivity (Wildman–Crippen MR) is 90.5 cm³/mol. The third-order valence-electron chi connectivity index (χ3n) is 3.32. The predicted octanol–water partition coefficient (Wildman–Crippen LogP) is 4.49. The molecule has 1 heterocycles. The lowest BCUT2D eigenvalue weighted by Crippen LogP contribution is -2.23. The first kappa shape index (κ1) is 16.9. The summed E-state index contributed by atoms with van der Waals surface area (Å²) in [5, 5.41) is 27.4. The second-order valence-corrected chi connectivity index (χ2v) is 6.15. The second-order valence-electron chi connectivity index (χ2n) is 5.23. The molecule has 2 aromatic rings. The van der Waals surface area contributed by atoms with Crippen LogP contribution in [0.5, 0.6) is 5.88 Å². The Morgan fingerprint density at radius 3 is 2.39 bits per heavy atom. The van der Waals surface area contributed by atoms with Crippen molar-refractivity contribution in [2.24, 2.45) is 10.2 Å². The van der Waals surface area contributed by atoms with Crippen molar-refractivity contribution in [2.45, 2.75) is 26.8 Å². The highest BCUT2D eigenvalue weighted by molar-refractivity contribution is 9.10. The minimum Gasteiger partial charge on any atom is -0.493 e. The van der Waals surface area contributed by atoms with Crippen molar-refractivity contribution in [3.63, 3.8) is 0 Å². The van der Waals surface area contributed by atoms with Crippen molar-refractivity contribution >= 4 is 27.3 Å². The van der Waals surface area contributed by atoms with E-state index in [-0.39, 0.29) is 23.2 Å². The summed E-state index contributed by atoms with van der Waals surface area (Å²) in [4.78, 5) is 12.5. The van der Waals surface area contributed by atoms with Gasteiger partial charge in [0.15, 0.2) is 5.69 Å². The lowest BCUT2D eigenvalue weighted by Gasteiger charge is -2.15. The summed E-state index contributed by atoms with van der Waals surface area (Å²) < 4.78 is 2.05. The topological polar surface area (TPSA) is 90.7 Å². The molecule has 0 aliphatic heterocycles. The van der Waals surface area contributed by atoms with Crippen LogP contribution in [0.3, 0.4) is 0 Å². The van der Waals surface area contributed by atoms with Gasteiger partial charge in [0.1, 0.15) is 11.6 Å². The molecule has 0 unspecified atom stereocenters. The Morgan fingerprint density at radius 1 is 1.26 bits per heavy atom. The number of aromatic hydroxyl groups is 1. The van der Waals surface area contributed by atoms with Gasteiger partial charge >= 0.3 is 0 Å². The summed E-state index contributed by atoms with van der Waals surface area (Å²) in [6.45, 7) is 5.06. The van der Waals surface area contributed by atoms with Crippen molar-refractivity contribution in [3.8, 4) is 11.9 Å². The molecular formula is C16H15BrN4O2. The molecule has 0 aliphatic carbocycles. The standard InChI is InChI=1S/C16H15BrN4O2/c1-9(2)21-15(22)13(8-18)10(3)14(16(21)23)20-19-12-6-4-11(17)5-7-12/h4-7,9,22H,1-3H3. The van der Waals surface area contributed by atoms with E-state index in [0.29, 0.717) is 11.3 Å². The Hall–Kier alpha value is -2.46. The van der Waals surface area contributed by atoms with Crippen molar-refractivity contribution in [1.29, 1.82) is 5.26 Å². The largest absolute Gasteiger partial charge is 0.493 e. The first-order valence-corrected chi connectivity index (χ1v) is 7.71. The van der Waals surface area contributed by atoms with E-state index in [0.717, 1.165) is 9.04 Å². The van der Waals surface area contributed by atoms with Crippen molar-refractivity contribution in [2.75, 3.05) is 0 Å². The molecule has 0 bridgehead atoms. The number of benzene rings is 1. The fourth-order valence-electron chi connectivity index (χ4n) is 2.12. The van der Waals surface area contributed by atoms with Crippen LogP contribution in [0.15, 0.2) is 43.8 Å². The van der Waals surface area contributed by atoms with Gasteiger partial charge in [-0.2, -0.15) is 10.4 Å². The zero-order valence-corrected chi connectivity index (χ0v) is 14.5. The molecule has 1 aromatic carbocycles. The molecule has 23 heavy (non-hydrogen) atoms. The minimum atomic E-state index is -0.477. The molecule has 0 atom stereocenters. The van der Waals surface area contributed by atoms with E-state index >= 15 is 0 Å². The number of nitriles is 1. The van der Waals surface area contributed by atoms with Gasteiger partial charge in [-0.15, -0.1) is 5.11 Å². The molecule has 2 rings (SSSR count). The smallest absolute Gasteiger partial charge is 0.281 e. The van der Waals surface area contributed by atoms with E-state index in [1.165, 1.54) is 0 Å². The van der Waals surface area contributed by atoms with E-state index in [9.17, 15) is 15.2 Å². The fraction of sp³-hybridized carbons (Fsp3) is 0.250. The molecule has 0 radical (unpaired) electrons. The molecule has 6 nitrogen and oxygen atoms in total. The molecule has 0 saturated heterocycles. The van der Waals surface area contributed by atoms with Gasteiger partial charge < -0.3 is 5.11 Å². The van der Waals surface area contributed by atoms with Gasteiger partial charge in [-0.05, 0) is 45.0 Å². The summed E-state index contributed by atoms with van der Waals surface area (Å²) in [7, 11) is 0. The highest BCUT2D eigenvalue weighted by Gasteiger charge is 2.20. The molecule has 0 amide bonds. The molecule has 118 valence electrons. The zero-order valence-electron chi connectivity index (χ0n) is 12.9. The number of hydrogen-bond donors (Lipinski definition) is 1. The van der Waals surface area contributed by atoms with E-state index in [2.05, 4.69) is 26.2 Å². The number of hydrogen-bond acceptors (Lipinski definition) is 5. The van der Waals surface area contributed by atoms with Crippen molar-refractivity contribution in [3.05, 3.63) is 50.2 Å². The monoisotopic (exact) mass is 374 g/mol. The molecule has 0 fully saturated rings. The van der Waals surface area contributed by atoms with Crippen LogP contribution in [-0.4, -0.2) is 9.67 Å². The van der Waals surface area contributed by atoms with Gasteiger partial charge in [0.25, 0.3) is 5.56 Å². The molecular weight excluding hydrogens is 360 g/mol. The first-order valence-electron chi connectivity index (χ1n) is 6.92. The number of azo groups is 1. The summed E-state index contributed by atoms with van der Waals surface area (Å²) in [5.41, 5.74) is 0.497. The van der Waals surface area contributed by atoms with E-state index in [1.54, 1.807) is 32.9 Å². The molecule has 0 saturated carbocycles. The molecule has 7 heteroatoms. The van der Waals surface area contributed by atoms with Crippen LogP contribution in [0.25, 0.3) is 0 Å². The van der Waals surface area contributed by atoms with Crippen molar-refractivity contribution in [1.82, 2.24) is 4.57 Å². The van der Waals surface area contributed by atoms with Crippen molar-refractivity contribution < 1.29 is 5.11 Å². The summed E-state index contributed by atoms with van der Waals surface area (Å²) in [6, 6.07) is 8.72. The lowest BCUT2D eigenvalue weighted by atomic mass is 10.1. The van der Waals surface area contributed by atoms with Crippen LogP contribution < -0.4 is 5.56 Å². The Kier molecular flexibility index (Phi) is 4.96. The number of nitrogens with zero attached hydrogens (tertiary/aromatic N) is 4. The van der Waals surface area contributed by atoms with Gasteiger partial charge in [-0.25, -0.2) is 0 Å². The summed E-state index contributed by atoms with van der Waals surface area (Å²) in [5.74, 6) is -0.340. The third kappa shape index (κ3) is 3.32. The Bertz CT molecular complexity index is 862. The second kappa shape index (κ2) is 6.75. The maximum atomic E-state index is 12.5. The maximum Gasteiger partial charge on any atom is 0.281 e. The fourth-order valence-corrected chi connectivity index (χ4v) is 2.39. The minimum absolute atomic E-state index is 0.0306. The third-order valence-corrected chi connectivity index (χ3v) is 3.85. The average Bonchev–Trinajstić information content (AvgIpc) is 2.49. The van der Waals surface area contributed by atoms with E-state index in [1.807, 2.05) is 18.2 Å². The molecule has 1 N–H and O–H groups in total. The van der Waals surface area contributed by atoms with Gasteiger partial charge in [0.05, 0.1) is 5.69 Å². The highest BCUT2D eigenvalue weighted by Crippen LogP contribution is 2.28. The van der Waals surface area contributed by atoms with Crippen LogP contribution in [0.1, 0.15) is 31.0 Å². The number of pyridine rings is 1. The van der Waals surface area contributed by atoms with Gasteiger partial charge in [-0.1, -0.05) is 15.9 Å². The zero-order chi connectivity index (χ0) is 17.1. The average molecular weight is 375 g/mol. The van der Waals surface area contributed by atoms with Crippen LogP contribution in [0.4, 0.5) is 11.4 Å². The normalized spacial score (nSPS) is 11.1. The SMILES string of the molecule is Cc1c(C#N)c(O)n(C(C)C)c(=O)c1N=Nc1ccc(Br)cc1. The first-order chi connectivity index (χ1) is 10.9. The number of rotatable bonds is 3. The molecule has 1 aromatic heterocycles. The summed E-state index contributed by atoms with van der Waals surface area (Å²) in [6.07, 6.45) is 0. The van der Waals surface area contributed by atoms with Crippen LogP contribution in [0, 0.1) is 18.3 Å². The molecule has 0 aliphatic rings. The maximum absolute atomic E-state index is 12.5. The summed E-state index contributed by atoms with van der Waals surface area (Å²) >= 11 is 3.33. The van der Waals surface area contributed by atoms with Crippen LogP contribution in [-0.2, 0) is 0 Å². The van der Waals surface area contributed by atoms with E-state index in [4.69, 9.17) is 0 Å². The molecule has 0 spiro atoms. The lowest BCUT2D eigenvalue weighted by molar-refractivity contribution is 0.386. The van der Waals surface area contributed by atoms with Crippen LogP contribution in [0.2, 0.25) is 0 Å². The Balaban J connectivity index is 2.63.